The van der Waals surface area contributed by atoms with Crippen LogP contribution in [0.15, 0.2) is 52.3 Å². The molecule has 0 spiro atoms. The van der Waals surface area contributed by atoms with Crippen molar-refractivity contribution >= 4 is 26.9 Å². The van der Waals surface area contributed by atoms with Crippen molar-refractivity contribution in [2.75, 3.05) is 11.5 Å². The van der Waals surface area contributed by atoms with E-state index in [2.05, 4.69) is 0 Å². The van der Waals surface area contributed by atoms with Gasteiger partial charge in [0.2, 0.25) is 9.84 Å². The Morgan fingerprint density at radius 1 is 1.00 bits per heavy atom. The lowest BCUT2D eigenvalue weighted by molar-refractivity contribution is -0.384. The molecule has 2 aromatic carbocycles. The first-order chi connectivity index (χ1) is 9.32. The van der Waals surface area contributed by atoms with Crippen LogP contribution in [-0.4, -0.2) is 13.3 Å². The number of anilines is 2. The summed E-state index contributed by atoms with van der Waals surface area (Å²) in [5, 5.41) is 10.6. The van der Waals surface area contributed by atoms with Crippen molar-refractivity contribution in [1.82, 2.24) is 0 Å². The minimum atomic E-state index is -3.86. The molecule has 8 heteroatoms. The Labute approximate surface area is 114 Å². The van der Waals surface area contributed by atoms with Gasteiger partial charge in [-0.1, -0.05) is 0 Å². The molecular weight excluding hydrogens is 282 g/mol. The minimum absolute atomic E-state index is 0.0672. The highest BCUT2D eigenvalue weighted by Gasteiger charge is 2.21. The Hall–Kier alpha value is -2.61. The lowest BCUT2D eigenvalue weighted by Crippen LogP contribution is -2.06. The second-order valence-corrected chi connectivity index (χ2v) is 5.97. The number of rotatable bonds is 3. The number of nitrogens with zero attached hydrogens (tertiary/aromatic N) is 1. The summed E-state index contributed by atoms with van der Waals surface area (Å²) in [7, 11) is -3.86. The molecule has 0 saturated carbocycles. The number of sulfone groups is 1. The number of benzene rings is 2. The van der Waals surface area contributed by atoms with E-state index in [1.165, 1.54) is 18.2 Å². The average molecular weight is 293 g/mol. The Morgan fingerprint density at radius 2 is 1.60 bits per heavy atom. The zero-order chi connectivity index (χ0) is 14.9. The summed E-state index contributed by atoms with van der Waals surface area (Å²) in [6.45, 7) is 0. The predicted octanol–water partition coefficient (Wildman–Crippen LogP) is 1.59. The Bertz CT molecular complexity index is 770. The van der Waals surface area contributed by atoms with E-state index in [9.17, 15) is 18.5 Å². The van der Waals surface area contributed by atoms with E-state index < -0.39 is 14.8 Å². The molecule has 0 amide bonds. The molecule has 0 radical (unpaired) electrons. The van der Waals surface area contributed by atoms with E-state index >= 15 is 0 Å². The number of non-ortho nitro benzene ring substituents is 1. The van der Waals surface area contributed by atoms with Crippen molar-refractivity contribution in [3.05, 3.63) is 52.6 Å². The van der Waals surface area contributed by atoms with Gasteiger partial charge >= 0.3 is 0 Å². The van der Waals surface area contributed by atoms with Crippen LogP contribution in [0.2, 0.25) is 0 Å². The first-order valence-electron chi connectivity index (χ1n) is 5.47. The van der Waals surface area contributed by atoms with Crippen LogP contribution in [0.3, 0.4) is 0 Å². The quantitative estimate of drug-likeness (QED) is 0.502. The third-order valence-electron chi connectivity index (χ3n) is 2.68. The molecule has 0 saturated heterocycles. The summed E-state index contributed by atoms with van der Waals surface area (Å²) in [6, 6.07) is 8.71. The van der Waals surface area contributed by atoms with Gasteiger partial charge in [0.1, 0.15) is 0 Å². The summed E-state index contributed by atoms with van der Waals surface area (Å²) in [6.07, 6.45) is 0. The summed E-state index contributed by atoms with van der Waals surface area (Å²) in [4.78, 5) is 9.74. The Balaban J connectivity index is 2.55. The second-order valence-electron chi connectivity index (χ2n) is 4.05. The third-order valence-corrected chi connectivity index (χ3v) is 4.51. The maximum atomic E-state index is 12.4. The summed E-state index contributed by atoms with van der Waals surface area (Å²) in [5.41, 5.74) is 11.3. The minimum Gasteiger partial charge on any atom is -0.399 e. The summed E-state index contributed by atoms with van der Waals surface area (Å²) in [5.74, 6) is 0. The molecule has 104 valence electrons. The van der Waals surface area contributed by atoms with E-state index in [1.54, 1.807) is 0 Å². The van der Waals surface area contributed by atoms with Gasteiger partial charge in [-0.3, -0.25) is 10.1 Å². The molecule has 0 fully saturated rings. The van der Waals surface area contributed by atoms with Gasteiger partial charge in [-0.2, -0.15) is 0 Å². The third kappa shape index (κ3) is 2.41. The van der Waals surface area contributed by atoms with Gasteiger partial charge in [0.25, 0.3) is 5.69 Å². The smallest absolute Gasteiger partial charge is 0.269 e. The molecule has 0 aromatic heterocycles. The fraction of sp³-hybridized carbons (Fsp3) is 0. The van der Waals surface area contributed by atoms with Crippen LogP contribution in [0.5, 0.6) is 0 Å². The number of hydrogen-bond donors (Lipinski definition) is 2. The molecule has 2 rings (SSSR count). The van der Waals surface area contributed by atoms with Crippen LogP contribution >= 0.6 is 0 Å². The van der Waals surface area contributed by atoms with E-state index in [0.29, 0.717) is 0 Å². The molecule has 2 aromatic rings. The van der Waals surface area contributed by atoms with Gasteiger partial charge in [0, 0.05) is 17.8 Å². The number of hydrogen-bond acceptors (Lipinski definition) is 6. The summed E-state index contributed by atoms with van der Waals surface area (Å²) >= 11 is 0. The zero-order valence-electron chi connectivity index (χ0n) is 10.2. The van der Waals surface area contributed by atoms with Crippen molar-refractivity contribution in [2.45, 2.75) is 9.79 Å². The van der Waals surface area contributed by atoms with Gasteiger partial charge in [0.15, 0.2) is 0 Å². The standard InChI is InChI=1S/C12H11N3O4S/c13-8-1-6-11(14)12(7-8)20(18,19)10-4-2-9(3-5-10)15(16)17/h1-7H,13-14H2. The molecule has 0 heterocycles. The molecule has 4 N–H and O–H groups in total. The monoisotopic (exact) mass is 293 g/mol. The van der Waals surface area contributed by atoms with Crippen molar-refractivity contribution < 1.29 is 13.3 Å². The van der Waals surface area contributed by atoms with Crippen LogP contribution in [0, 0.1) is 10.1 Å². The molecule has 0 atom stereocenters. The number of nitro groups is 1. The van der Waals surface area contributed by atoms with Gasteiger partial charge in [0.05, 0.1) is 20.4 Å². The van der Waals surface area contributed by atoms with E-state index in [1.807, 2.05) is 0 Å². The predicted molar refractivity (Wildman–Crippen MR) is 73.8 cm³/mol. The van der Waals surface area contributed by atoms with Crippen molar-refractivity contribution in [3.63, 3.8) is 0 Å². The maximum Gasteiger partial charge on any atom is 0.269 e. The van der Waals surface area contributed by atoms with Crippen LogP contribution in [0.1, 0.15) is 0 Å². The number of nitrogens with two attached hydrogens (primary N) is 2. The first-order valence-corrected chi connectivity index (χ1v) is 6.95. The fourth-order valence-corrected chi connectivity index (χ4v) is 3.08. The first kappa shape index (κ1) is 13.8. The largest absolute Gasteiger partial charge is 0.399 e. The second kappa shape index (κ2) is 4.82. The highest BCUT2D eigenvalue weighted by Crippen LogP contribution is 2.28. The highest BCUT2D eigenvalue weighted by molar-refractivity contribution is 7.91. The fourth-order valence-electron chi connectivity index (χ4n) is 1.66. The van der Waals surface area contributed by atoms with Gasteiger partial charge < -0.3 is 11.5 Å². The van der Waals surface area contributed by atoms with E-state index in [0.717, 1.165) is 24.3 Å². The molecular formula is C12H11N3O4S. The Morgan fingerprint density at radius 3 is 2.15 bits per heavy atom. The molecule has 0 aliphatic carbocycles. The van der Waals surface area contributed by atoms with Crippen molar-refractivity contribution in [2.24, 2.45) is 0 Å². The van der Waals surface area contributed by atoms with Crippen molar-refractivity contribution in [3.8, 4) is 0 Å². The molecule has 0 aliphatic heterocycles. The molecule has 7 nitrogen and oxygen atoms in total. The van der Waals surface area contributed by atoms with Crippen LogP contribution < -0.4 is 11.5 Å². The van der Waals surface area contributed by atoms with E-state index in [4.69, 9.17) is 11.5 Å². The SMILES string of the molecule is Nc1ccc(N)c(S(=O)(=O)c2ccc([N+](=O)[O-])cc2)c1. The molecule has 0 unspecified atom stereocenters. The maximum absolute atomic E-state index is 12.4. The molecule has 0 bridgehead atoms. The molecule has 0 aliphatic rings. The lowest BCUT2D eigenvalue weighted by Gasteiger charge is -2.08. The average Bonchev–Trinajstić information content (AvgIpc) is 2.41. The van der Waals surface area contributed by atoms with Crippen molar-refractivity contribution in [1.29, 1.82) is 0 Å². The van der Waals surface area contributed by atoms with Crippen LogP contribution in [0.25, 0.3) is 0 Å². The van der Waals surface area contributed by atoms with E-state index in [-0.39, 0.29) is 26.9 Å². The normalized spacial score (nSPS) is 11.2. The molecule has 20 heavy (non-hydrogen) atoms. The lowest BCUT2D eigenvalue weighted by atomic mass is 10.3. The van der Waals surface area contributed by atoms with Crippen LogP contribution in [0.4, 0.5) is 17.1 Å². The number of nitrogen functional groups attached to an aromatic ring is 2. The number of nitro benzene ring substituents is 1. The zero-order valence-corrected chi connectivity index (χ0v) is 11.0. The topological polar surface area (TPSA) is 129 Å². The van der Waals surface area contributed by atoms with Gasteiger partial charge in [-0.25, -0.2) is 8.42 Å². The van der Waals surface area contributed by atoms with Gasteiger partial charge in [-0.05, 0) is 30.3 Å². The van der Waals surface area contributed by atoms with Crippen LogP contribution in [-0.2, 0) is 9.84 Å². The summed E-state index contributed by atoms with van der Waals surface area (Å²) < 4.78 is 24.8. The Kier molecular flexibility index (Phi) is 3.33. The highest BCUT2D eigenvalue weighted by atomic mass is 32.2. The van der Waals surface area contributed by atoms with Gasteiger partial charge in [-0.15, -0.1) is 0 Å².